The van der Waals surface area contributed by atoms with Gasteiger partial charge < -0.3 is 20.2 Å². The molecule has 1 fully saturated rings. The molecule has 7 nitrogen and oxygen atoms in total. The van der Waals surface area contributed by atoms with Crippen molar-refractivity contribution in [1.29, 1.82) is 0 Å². The van der Waals surface area contributed by atoms with Crippen LogP contribution in [0.25, 0.3) is 0 Å². The van der Waals surface area contributed by atoms with E-state index >= 15 is 0 Å². The number of rotatable bonds is 1. The Balaban J connectivity index is 0.000000321. The third-order valence-electron chi connectivity index (χ3n) is 4.51. The molecule has 2 amide bonds. The molecule has 3 rings (SSSR count). The van der Waals surface area contributed by atoms with E-state index in [-0.39, 0.29) is 6.03 Å². The van der Waals surface area contributed by atoms with Crippen molar-refractivity contribution < 1.29 is 27.9 Å². The van der Waals surface area contributed by atoms with Crippen molar-refractivity contribution in [3.8, 4) is 0 Å². The predicted octanol–water partition coefficient (Wildman–Crippen LogP) is 2.62. The zero-order chi connectivity index (χ0) is 20.0. The number of pyridine rings is 1. The number of aliphatic carboxylic acids is 1. The minimum absolute atomic E-state index is 0.0713. The summed E-state index contributed by atoms with van der Waals surface area (Å²) in [4.78, 5) is 29.7. The van der Waals surface area contributed by atoms with Gasteiger partial charge in [-0.25, -0.2) is 14.6 Å². The monoisotopic (exact) mass is 388 g/mol. The van der Waals surface area contributed by atoms with Crippen LogP contribution in [0, 0.1) is 0 Å². The number of halogens is 3. The maximum Gasteiger partial charge on any atom is 0.490 e. The third kappa shape index (κ3) is 6.00. The lowest BCUT2D eigenvalue weighted by Gasteiger charge is -2.23. The number of carbonyl (C=O) groups excluding carboxylic acids is 1. The Morgan fingerprint density at radius 1 is 1.26 bits per heavy atom. The van der Waals surface area contributed by atoms with E-state index in [2.05, 4.69) is 21.3 Å². The highest BCUT2D eigenvalue weighted by Gasteiger charge is 2.38. The fraction of sp³-hybridized carbons (Fsp3) is 0.588. The molecule has 0 aromatic carbocycles. The summed E-state index contributed by atoms with van der Waals surface area (Å²) < 4.78 is 31.7. The van der Waals surface area contributed by atoms with Crippen molar-refractivity contribution in [2.75, 3.05) is 25.0 Å². The van der Waals surface area contributed by atoms with Crippen LogP contribution in [-0.4, -0.2) is 59.3 Å². The molecule has 0 spiro atoms. The van der Waals surface area contributed by atoms with E-state index in [1.807, 2.05) is 24.2 Å². The Kier molecular flexibility index (Phi) is 6.86. The number of nitrogens with zero attached hydrogens (tertiary/aromatic N) is 3. The van der Waals surface area contributed by atoms with Crippen LogP contribution in [0.4, 0.5) is 23.8 Å². The van der Waals surface area contributed by atoms with Gasteiger partial charge >= 0.3 is 18.2 Å². The normalized spacial score (nSPS) is 17.5. The number of fused-ring (bicyclic) bond motifs is 1. The van der Waals surface area contributed by atoms with Crippen molar-refractivity contribution in [2.24, 2.45) is 0 Å². The Bertz CT molecular complexity index is 663. The first-order valence-electron chi connectivity index (χ1n) is 8.69. The van der Waals surface area contributed by atoms with Crippen LogP contribution >= 0.6 is 0 Å². The lowest BCUT2D eigenvalue weighted by atomic mass is 10.2. The van der Waals surface area contributed by atoms with Gasteiger partial charge in [-0.2, -0.15) is 13.2 Å². The van der Waals surface area contributed by atoms with Gasteiger partial charge in [-0.3, -0.25) is 0 Å². The summed E-state index contributed by atoms with van der Waals surface area (Å²) in [5.74, 6) is -1.77. The van der Waals surface area contributed by atoms with E-state index in [1.54, 1.807) is 0 Å². The summed E-state index contributed by atoms with van der Waals surface area (Å²) in [7, 11) is 2.03. The number of carboxylic acid groups (broad SMARTS) is 1. The second-order valence-electron chi connectivity index (χ2n) is 6.56. The maximum atomic E-state index is 12.4. The number of anilines is 1. The van der Waals surface area contributed by atoms with Crippen LogP contribution in [-0.2, 0) is 11.3 Å². The summed E-state index contributed by atoms with van der Waals surface area (Å²) in [5, 5.41) is 10.3. The molecule has 0 atom stereocenters. The number of nitrogens with one attached hydrogen (secondary N) is 1. The Labute approximate surface area is 155 Å². The zero-order valence-electron chi connectivity index (χ0n) is 15.0. The Morgan fingerprint density at radius 2 is 1.89 bits per heavy atom. The van der Waals surface area contributed by atoms with Gasteiger partial charge in [0.25, 0.3) is 0 Å². The van der Waals surface area contributed by atoms with Crippen molar-refractivity contribution in [2.45, 2.75) is 44.4 Å². The molecule has 1 aliphatic heterocycles. The molecule has 27 heavy (non-hydrogen) atoms. The smallest absolute Gasteiger partial charge is 0.475 e. The average Bonchev–Trinajstić information content (AvgIpc) is 3.04. The van der Waals surface area contributed by atoms with Crippen molar-refractivity contribution >= 4 is 17.8 Å². The fourth-order valence-electron chi connectivity index (χ4n) is 3.07. The van der Waals surface area contributed by atoms with Crippen LogP contribution < -0.4 is 10.2 Å². The van der Waals surface area contributed by atoms with Crippen LogP contribution in [0.1, 0.15) is 31.2 Å². The lowest BCUT2D eigenvalue weighted by Crippen LogP contribution is -2.44. The molecule has 0 bridgehead atoms. The van der Waals surface area contributed by atoms with Crippen LogP contribution in [0.2, 0.25) is 0 Å². The highest BCUT2D eigenvalue weighted by atomic mass is 19.4. The Morgan fingerprint density at radius 3 is 2.48 bits per heavy atom. The molecule has 1 saturated carbocycles. The summed E-state index contributed by atoms with van der Waals surface area (Å²) in [6, 6.07) is 4.43. The van der Waals surface area contributed by atoms with E-state index in [4.69, 9.17) is 9.90 Å². The summed E-state index contributed by atoms with van der Waals surface area (Å²) >= 11 is 0. The van der Waals surface area contributed by atoms with Crippen molar-refractivity contribution in [1.82, 2.24) is 15.2 Å². The van der Waals surface area contributed by atoms with E-state index in [0.717, 1.165) is 37.3 Å². The molecule has 0 radical (unpaired) electrons. The van der Waals surface area contributed by atoms with Gasteiger partial charge in [0.1, 0.15) is 5.82 Å². The molecule has 0 saturated heterocycles. The van der Waals surface area contributed by atoms with Crippen molar-refractivity contribution in [3.05, 3.63) is 23.9 Å². The zero-order valence-corrected chi connectivity index (χ0v) is 15.0. The molecule has 150 valence electrons. The van der Waals surface area contributed by atoms with Crippen LogP contribution in [0.5, 0.6) is 0 Å². The average molecular weight is 388 g/mol. The van der Waals surface area contributed by atoms with Gasteiger partial charge in [0.2, 0.25) is 0 Å². The van der Waals surface area contributed by atoms with Gasteiger partial charge in [0.15, 0.2) is 0 Å². The Hall–Kier alpha value is -2.52. The minimum atomic E-state index is -5.08. The molecule has 2 heterocycles. The van der Waals surface area contributed by atoms with Crippen molar-refractivity contribution in [3.63, 3.8) is 0 Å². The highest BCUT2D eigenvalue weighted by Crippen LogP contribution is 2.22. The first kappa shape index (κ1) is 20.8. The van der Waals surface area contributed by atoms with Crippen LogP contribution in [0.3, 0.4) is 0 Å². The fourth-order valence-corrected chi connectivity index (χ4v) is 3.07. The molecule has 10 heteroatoms. The molecule has 2 N–H and O–H groups in total. The van der Waals surface area contributed by atoms with Gasteiger partial charge in [0, 0.05) is 37.9 Å². The number of carboxylic acids is 1. The largest absolute Gasteiger partial charge is 0.490 e. The second-order valence-corrected chi connectivity index (χ2v) is 6.56. The van der Waals surface area contributed by atoms with Gasteiger partial charge in [-0.05, 0) is 18.9 Å². The summed E-state index contributed by atoms with van der Waals surface area (Å²) in [5.41, 5.74) is 1.12. The first-order chi connectivity index (χ1) is 12.7. The first-order valence-corrected chi connectivity index (χ1v) is 8.69. The quantitative estimate of drug-likeness (QED) is 0.773. The highest BCUT2D eigenvalue weighted by molar-refractivity contribution is 5.75. The maximum absolute atomic E-state index is 12.4. The molecule has 0 unspecified atom stereocenters. The van der Waals surface area contributed by atoms with E-state index in [1.165, 1.54) is 12.8 Å². The van der Waals surface area contributed by atoms with E-state index < -0.39 is 12.1 Å². The van der Waals surface area contributed by atoms with Gasteiger partial charge in [-0.15, -0.1) is 0 Å². The number of hydrogen-bond donors (Lipinski definition) is 2. The SMILES string of the molecule is CN1CCN(C(=O)NC2CCCC2)Cc2cccnc21.O=C(O)C(F)(F)F. The standard InChI is InChI=1S/C15H22N4O.C2HF3O2/c1-18-9-10-19(11-12-5-4-8-16-14(12)18)15(20)17-13-6-2-3-7-13;3-2(4,5)1(6)7/h4-5,8,13H,2-3,6-7,9-11H2,1H3,(H,17,20);(H,6,7). The third-order valence-corrected chi connectivity index (χ3v) is 4.51. The molecular formula is C17H23F3N4O3. The molecular weight excluding hydrogens is 365 g/mol. The number of likely N-dealkylation sites (N-methyl/N-ethyl adjacent to an activating group) is 1. The number of aromatic nitrogens is 1. The number of amides is 2. The summed E-state index contributed by atoms with van der Waals surface area (Å²) in [6.45, 7) is 2.21. The van der Waals surface area contributed by atoms with Gasteiger partial charge in [-0.1, -0.05) is 18.9 Å². The molecule has 1 aromatic rings. The minimum Gasteiger partial charge on any atom is -0.475 e. The number of carbonyl (C=O) groups is 2. The van der Waals surface area contributed by atoms with Gasteiger partial charge in [0.05, 0.1) is 6.54 Å². The number of hydrogen-bond acceptors (Lipinski definition) is 4. The number of urea groups is 1. The van der Waals surface area contributed by atoms with Crippen LogP contribution in [0.15, 0.2) is 18.3 Å². The predicted molar refractivity (Wildman–Crippen MR) is 92.4 cm³/mol. The van der Waals surface area contributed by atoms with E-state index in [9.17, 15) is 18.0 Å². The summed E-state index contributed by atoms with van der Waals surface area (Å²) in [6.07, 6.45) is 1.44. The van der Waals surface area contributed by atoms with E-state index in [0.29, 0.717) is 12.6 Å². The molecule has 2 aliphatic rings. The topological polar surface area (TPSA) is 85.8 Å². The lowest BCUT2D eigenvalue weighted by molar-refractivity contribution is -0.192. The molecule has 1 aromatic heterocycles. The number of alkyl halides is 3. The molecule has 1 aliphatic carbocycles. The second kappa shape index (κ2) is 8.92.